The second-order valence-electron chi connectivity index (χ2n) is 3.84. The first-order valence-corrected chi connectivity index (χ1v) is 6.01. The van der Waals surface area contributed by atoms with E-state index in [4.69, 9.17) is 5.11 Å². The number of nitrogens with one attached hydrogen (secondary N) is 1. The van der Waals surface area contributed by atoms with Crippen LogP contribution in [0.5, 0.6) is 0 Å². The molecule has 4 nitrogen and oxygen atoms in total. The van der Waals surface area contributed by atoms with Gasteiger partial charge in [0, 0.05) is 11.3 Å². The maximum absolute atomic E-state index is 12.2. The summed E-state index contributed by atoms with van der Waals surface area (Å²) in [5, 5.41) is 10.8. The minimum Gasteiger partial charge on any atom is -0.480 e. The third kappa shape index (κ3) is 3.76. The van der Waals surface area contributed by atoms with Crippen LogP contribution >= 0.6 is 11.3 Å². The van der Waals surface area contributed by atoms with E-state index < -0.39 is 30.8 Å². The standard InChI is InChI=1S/C11H13F2NO3S/c1-5-3-8(18-6(5)2)10(15)14-7(11(16)17)4-9(12)13/h3,7,9H,4H2,1-2H3,(H,14,15)(H,16,17). The Hall–Kier alpha value is -1.50. The average molecular weight is 277 g/mol. The Morgan fingerprint density at radius 2 is 2.06 bits per heavy atom. The Balaban J connectivity index is 2.75. The number of hydrogen-bond acceptors (Lipinski definition) is 3. The number of aryl methyl sites for hydroxylation is 2. The van der Waals surface area contributed by atoms with Crippen molar-refractivity contribution in [2.75, 3.05) is 0 Å². The molecule has 0 bridgehead atoms. The van der Waals surface area contributed by atoms with Crippen LogP contribution in [0.3, 0.4) is 0 Å². The Morgan fingerprint density at radius 1 is 1.44 bits per heavy atom. The molecule has 0 aliphatic heterocycles. The van der Waals surface area contributed by atoms with E-state index in [0.29, 0.717) is 4.88 Å². The van der Waals surface area contributed by atoms with Crippen molar-refractivity contribution >= 4 is 23.2 Å². The lowest BCUT2D eigenvalue weighted by molar-refractivity contribution is -0.140. The molecular formula is C11H13F2NO3S. The maximum Gasteiger partial charge on any atom is 0.326 e. The smallest absolute Gasteiger partial charge is 0.326 e. The van der Waals surface area contributed by atoms with Gasteiger partial charge in [0.15, 0.2) is 0 Å². The summed E-state index contributed by atoms with van der Waals surface area (Å²) in [5.74, 6) is -2.10. The van der Waals surface area contributed by atoms with Gasteiger partial charge in [0.25, 0.3) is 5.91 Å². The van der Waals surface area contributed by atoms with Gasteiger partial charge in [-0.05, 0) is 25.5 Å². The molecular weight excluding hydrogens is 264 g/mol. The molecule has 1 unspecified atom stereocenters. The van der Waals surface area contributed by atoms with Gasteiger partial charge in [-0.1, -0.05) is 0 Å². The topological polar surface area (TPSA) is 66.4 Å². The number of aliphatic carboxylic acids is 1. The first kappa shape index (κ1) is 14.6. The van der Waals surface area contributed by atoms with Crippen LogP contribution in [-0.4, -0.2) is 29.5 Å². The number of amides is 1. The number of hydrogen-bond donors (Lipinski definition) is 2. The molecule has 2 N–H and O–H groups in total. The van der Waals surface area contributed by atoms with Gasteiger partial charge in [0.1, 0.15) is 6.04 Å². The number of thiophene rings is 1. The van der Waals surface area contributed by atoms with Gasteiger partial charge in [0.2, 0.25) is 6.43 Å². The fourth-order valence-corrected chi connectivity index (χ4v) is 2.25. The molecule has 1 aromatic rings. The van der Waals surface area contributed by atoms with Gasteiger partial charge in [-0.25, -0.2) is 13.6 Å². The molecule has 1 atom stereocenters. The third-order valence-electron chi connectivity index (χ3n) is 2.41. The summed E-state index contributed by atoms with van der Waals surface area (Å²) >= 11 is 1.20. The van der Waals surface area contributed by atoms with E-state index in [1.54, 1.807) is 6.07 Å². The minimum absolute atomic E-state index is 0.325. The van der Waals surface area contributed by atoms with Crippen molar-refractivity contribution in [2.24, 2.45) is 0 Å². The lowest BCUT2D eigenvalue weighted by Gasteiger charge is -2.13. The van der Waals surface area contributed by atoms with Crippen LogP contribution < -0.4 is 5.32 Å². The zero-order valence-corrected chi connectivity index (χ0v) is 10.7. The van der Waals surface area contributed by atoms with Crippen LogP contribution in [-0.2, 0) is 4.79 Å². The second kappa shape index (κ2) is 5.90. The van der Waals surface area contributed by atoms with Crippen molar-refractivity contribution in [1.29, 1.82) is 0 Å². The molecule has 0 fully saturated rings. The molecule has 0 aromatic carbocycles. The fraction of sp³-hybridized carbons (Fsp3) is 0.455. The van der Waals surface area contributed by atoms with Gasteiger partial charge in [-0.3, -0.25) is 4.79 Å². The lowest BCUT2D eigenvalue weighted by Crippen LogP contribution is -2.41. The van der Waals surface area contributed by atoms with Crippen molar-refractivity contribution in [3.05, 3.63) is 21.4 Å². The van der Waals surface area contributed by atoms with Crippen LogP contribution in [0.25, 0.3) is 0 Å². The van der Waals surface area contributed by atoms with Gasteiger partial charge >= 0.3 is 5.97 Å². The monoisotopic (exact) mass is 277 g/mol. The SMILES string of the molecule is Cc1cc(C(=O)NC(CC(F)F)C(=O)O)sc1C. The quantitative estimate of drug-likeness (QED) is 0.867. The van der Waals surface area contributed by atoms with Crippen molar-refractivity contribution in [1.82, 2.24) is 5.32 Å². The number of carboxylic acids is 1. The van der Waals surface area contributed by atoms with E-state index in [1.165, 1.54) is 11.3 Å². The van der Waals surface area contributed by atoms with Crippen LogP contribution in [0.2, 0.25) is 0 Å². The Bertz CT molecular complexity index is 440. The van der Waals surface area contributed by atoms with Crippen molar-refractivity contribution in [3.63, 3.8) is 0 Å². The largest absolute Gasteiger partial charge is 0.480 e. The van der Waals surface area contributed by atoms with E-state index >= 15 is 0 Å². The molecule has 18 heavy (non-hydrogen) atoms. The summed E-state index contributed by atoms with van der Waals surface area (Å²) < 4.78 is 24.3. The second-order valence-corrected chi connectivity index (χ2v) is 5.10. The normalized spacial score (nSPS) is 12.5. The van der Waals surface area contributed by atoms with Crippen molar-refractivity contribution < 1.29 is 23.5 Å². The average Bonchev–Trinajstić information content (AvgIpc) is 2.57. The molecule has 0 aliphatic rings. The number of halogens is 2. The fourth-order valence-electron chi connectivity index (χ4n) is 1.31. The summed E-state index contributed by atoms with van der Waals surface area (Å²) in [4.78, 5) is 23.7. The summed E-state index contributed by atoms with van der Waals surface area (Å²) in [6.07, 6.45) is -3.68. The molecule has 1 heterocycles. The molecule has 1 amide bonds. The van der Waals surface area contributed by atoms with Gasteiger partial charge in [-0.15, -0.1) is 11.3 Å². The highest BCUT2D eigenvalue weighted by Crippen LogP contribution is 2.20. The van der Waals surface area contributed by atoms with Gasteiger partial charge < -0.3 is 10.4 Å². The molecule has 1 aromatic heterocycles. The molecule has 0 saturated carbocycles. The molecule has 0 spiro atoms. The van der Waals surface area contributed by atoms with E-state index in [0.717, 1.165) is 10.4 Å². The zero-order valence-electron chi connectivity index (χ0n) is 9.87. The van der Waals surface area contributed by atoms with Crippen LogP contribution in [0, 0.1) is 13.8 Å². The first-order valence-electron chi connectivity index (χ1n) is 5.20. The van der Waals surface area contributed by atoms with Crippen molar-refractivity contribution in [2.45, 2.75) is 32.7 Å². The lowest BCUT2D eigenvalue weighted by atomic mass is 10.2. The number of rotatable bonds is 5. The molecule has 0 radical (unpaired) electrons. The summed E-state index contributed by atoms with van der Waals surface area (Å²) in [6, 6.07) is 0.0385. The summed E-state index contributed by atoms with van der Waals surface area (Å²) in [6.45, 7) is 3.64. The first-order chi connectivity index (χ1) is 8.31. The van der Waals surface area contributed by atoms with E-state index in [-0.39, 0.29) is 0 Å². The Labute approximate surface area is 107 Å². The predicted molar refractivity (Wildman–Crippen MR) is 63.3 cm³/mol. The van der Waals surface area contributed by atoms with Crippen LogP contribution in [0.15, 0.2) is 6.07 Å². The zero-order chi connectivity index (χ0) is 13.9. The van der Waals surface area contributed by atoms with Crippen molar-refractivity contribution in [3.8, 4) is 0 Å². The highest BCUT2D eigenvalue weighted by atomic mass is 32.1. The van der Waals surface area contributed by atoms with Gasteiger partial charge in [-0.2, -0.15) is 0 Å². The number of alkyl halides is 2. The Kier molecular flexibility index (Phi) is 4.77. The maximum atomic E-state index is 12.2. The molecule has 100 valence electrons. The summed E-state index contributed by atoms with van der Waals surface area (Å²) in [5.41, 5.74) is 0.908. The van der Waals surface area contributed by atoms with E-state index in [9.17, 15) is 18.4 Å². The number of carbonyl (C=O) groups excluding carboxylic acids is 1. The van der Waals surface area contributed by atoms with Crippen LogP contribution in [0.4, 0.5) is 8.78 Å². The van der Waals surface area contributed by atoms with Gasteiger partial charge in [0.05, 0.1) is 4.88 Å². The predicted octanol–water partition coefficient (Wildman–Crippen LogP) is 2.20. The molecule has 7 heteroatoms. The summed E-state index contributed by atoms with van der Waals surface area (Å²) in [7, 11) is 0. The number of carboxylic acid groups (broad SMARTS) is 1. The molecule has 1 rings (SSSR count). The Morgan fingerprint density at radius 3 is 2.44 bits per heavy atom. The highest BCUT2D eigenvalue weighted by molar-refractivity contribution is 7.14. The molecule has 0 aliphatic carbocycles. The van der Waals surface area contributed by atoms with E-state index in [2.05, 4.69) is 5.32 Å². The van der Waals surface area contributed by atoms with E-state index in [1.807, 2.05) is 13.8 Å². The minimum atomic E-state index is -2.78. The molecule has 0 saturated heterocycles. The number of carbonyl (C=O) groups is 2. The highest BCUT2D eigenvalue weighted by Gasteiger charge is 2.25. The van der Waals surface area contributed by atoms with Crippen LogP contribution in [0.1, 0.15) is 26.5 Å². The third-order valence-corrected chi connectivity index (χ3v) is 3.56.